The molecule has 0 radical (unpaired) electrons. The molecule has 1 saturated heterocycles. The number of pyridine rings is 1. The van der Waals surface area contributed by atoms with Crippen molar-refractivity contribution in [2.75, 3.05) is 18.5 Å². The topological polar surface area (TPSA) is 60.5 Å². The molecule has 1 fully saturated rings. The minimum atomic E-state index is -0.432. The molecule has 6 heteroatoms. The van der Waals surface area contributed by atoms with E-state index >= 15 is 0 Å². The van der Waals surface area contributed by atoms with Gasteiger partial charge in [-0.2, -0.15) is 0 Å². The number of halogens is 1. The summed E-state index contributed by atoms with van der Waals surface area (Å²) in [5.74, 6) is 0.438. The fraction of sp³-hybridized carbons (Fsp3) is 0.182. The number of carbonyl (C=O) groups is 1. The van der Waals surface area contributed by atoms with Crippen LogP contribution in [0.15, 0.2) is 66.9 Å². The molecule has 1 aliphatic rings. The highest BCUT2D eigenvalue weighted by Crippen LogP contribution is 2.34. The summed E-state index contributed by atoms with van der Waals surface area (Å²) in [7, 11) is 0. The van der Waals surface area contributed by atoms with Crippen molar-refractivity contribution in [1.82, 2.24) is 4.98 Å². The van der Waals surface area contributed by atoms with Gasteiger partial charge in [-0.05, 0) is 42.3 Å². The second kappa shape index (κ2) is 8.19. The molecule has 1 amide bonds. The van der Waals surface area contributed by atoms with Crippen LogP contribution in [-0.2, 0) is 9.53 Å². The van der Waals surface area contributed by atoms with Gasteiger partial charge in [0.05, 0.1) is 12.5 Å². The second-order valence-corrected chi connectivity index (χ2v) is 6.51. The lowest BCUT2D eigenvalue weighted by Crippen LogP contribution is -2.23. The molecule has 2 heterocycles. The Morgan fingerprint density at radius 1 is 1.11 bits per heavy atom. The average molecular weight is 378 g/mol. The highest BCUT2D eigenvalue weighted by molar-refractivity contribution is 5.92. The lowest BCUT2D eigenvalue weighted by Gasteiger charge is -2.13. The molecule has 2 aromatic carbocycles. The van der Waals surface area contributed by atoms with Crippen molar-refractivity contribution in [3.05, 3.63) is 72.7 Å². The molecule has 3 aromatic rings. The minimum absolute atomic E-state index is 0.0990. The summed E-state index contributed by atoms with van der Waals surface area (Å²) in [5.41, 5.74) is 1.58. The molecule has 0 bridgehead atoms. The summed E-state index contributed by atoms with van der Waals surface area (Å²) in [6, 6.07) is 17.2. The molecule has 0 saturated carbocycles. The largest absolute Gasteiger partial charge is 0.454 e. The molecular formula is C22H19FN2O3. The quantitative estimate of drug-likeness (QED) is 0.702. The number of rotatable bonds is 5. The first-order valence-corrected chi connectivity index (χ1v) is 9.07. The molecule has 142 valence electrons. The molecular weight excluding hydrogens is 359 g/mol. The normalized spacial score (nSPS) is 16.0. The molecule has 1 aliphatic heterocycles. The number of nitrogens with one attached hydrogen (secondary N) is 1. The van der Waals surface area contributed by atoms with Crippen LogP contribution in [0.1, 0.15) is 6.42 Å². The SMILES string of the molecule is O=C(Nc1cc(-c2ccccc2Oc2ccccc2F)ccn1)C1CCOC1. The molecule has 28 heavy (non-hydrogen) atoms. The van der Waals surface area contributed by atoms with E-state index in [1.165, 1.54) is 6.07 Å². The number of carbonyl (C=O) groups excluding carboxylic acids is 1. The molecule has 1 atom stereocenters. The van der Waals surface area contributed by atoms with E-state index in [1.807, 2.05) is 24.3 Å². The van der Waals surface area contributed by atoms with Crippen molar-refractivity contribution in [3.63, 3.8) is 0 Å². The number of benzene rings is 2. The maximum absolute atomic E-state index is 14.0. The Balaban J connectivity index is 1.59. The van der Waals surface area contributed by atoms with E-state index < -0.39 is 5.82 Å². The van der Waals surface area contributed by atoms with Crippen LogP contribution in [-0.4, -0.2) is 24.1 Å². The van der Waals surface area contributed by atoms with E-state index in [9.17, 15) is 9.18 Å². The number of para-hydroxylation sites is 2. The Morgan fingerprint density at radius 2 is 1.89 bits per heavy atom. The zero-order valence-electron chi connectivity index (χ0n) is 15.1. The van der Waals surface area contributed by atoms with E-state index in [0.717, 1.165) is 11.1 Å². The van der Waals surface area contributed by atoms with Gasteiger partial charge in [-0.15, -0.1) is 0 Å². The Kier molecular flexibility index (Phi) is 5.30. The summed E-state index contributed by atoms with van der Waals surface area (Å²) in [6.07, 6.45) is 2.33. The standard InChI is InChI=1S/C22H19FN2O3/c23-18-6-2-4-8-20(18)28-19-7-3-1-5-17(19)15-9-11-24-21(13-15)25-22(26)16-10-12-27-14-16/h1-9,11,13,16H,10,12,14H2,(H,24,25,26). The van der Waals surface area contributed by atoms with Gasteiger partial charge < -0.3 is 14.8 Å². The first kappa shape index (κ1) is 18.1. The van der Waals surface area contributed by atoms with Crippen LogP contribution in [0.25, 0.3) is 11.1 Å². The van der Waals surface area contributed by atoms with Gasteiger partial charge >= 0.3 is 0 Å². The van der Waals surface area contributed by atoms with Gasteiger partial charge in [0.25, 0.3) is 0 Å². The van der Waals surface area contributed by atoms with E-state index in [1.54, 1.807) is 36.5 Å². The third-order valence-electron chi connectivity index (χ3n) is 4.57. The number of nitrogens with zero attached hydrogens (tertiary/aromatic N) is 1. The van der Waals surface area contributed by atoms with Crippen LogP contribution >= 0.6 is 0 Å². The lowest BCUT2D eigenvalue weighted by molar-refractivity contribution is -0.119. The van der Waals surface area contributed by atoms with E-state index in [2.05, 4.69) is 10.3 Å². The van der Waals surface area contributed by atoms with Gasteiger partial charge in [0.2, 0.25) is 5.91 Å². The lowest BCUT2D eigenvalue weighted by atomic mass is 10.1. The van der Waals surface area contributed by atoms with Gasteiger partial charge in [-0.3, -0.25) is 4.79 Å². The second-order valence-electron chi connectivity index (χ2n) is 6.51. The van der Waals surface area contributed by atoms with Gasteiger partial charge in [0, 0.05) is 18.4 Å². The van der Waals surface area contributed by atoms with Crippen molar-refractivity contribution >= 4 is 11.7 Å². The van der Waals surface area contributed by atoms with Crippen molar-refractivity contribution in [3.8, 4) is 22.6 Å². The molecule has 4 rings (SSSR count). The minimum Gasteiger partial charge on any atom is -0.454 e. The maximum Gasteiger partial charge on any atom is 0.231 e. The van der Waals surface area contributed by atoms with Crippen molar-refractivity contribution in [2.24, 2.45) is 5.92 Å². The fourth-order valence-electron chi connectivity index (χ4n) is 3.08. The molecule has 5 nitrogen and oxygen atoms in total. The van der Waals surface area contributed by atoms with Crippen LogP contribution in [0.2, 0.25) is 0 Å². The first-order chi connectivity index (χ1) is 13.7. The molecule has 1 aromatic heterocycles. The van der Waals surface area contributed by atoms with Crippen molar-refractivity contribution < 1.29 is 18.7 Å². The number of hydrogen-bond acceptors (Lipinski definition) is 4. The number of anilines is 1. The van der Waals surface area contributed by atoms with Crippen molar-refractivity contribution in [2.45, 2.75) is 6.42 Å². The van der Waals surface area contributed by atoms with Crippen LogP contribution in [0, 0.1) is 11.7 Å². The van der Waals surface area contributed by atoms with Crippen LogP contribution in [0.3, 0.4) is 0 Å². The van der Waals surface area contributed by atoms with E-state index in [4.69, 9.17) is 9.47 Å². The Morgan fingerprint density at radius 3 is 2.68 bits per heavy atom. The average Bonchev–Trinajstić information content (AvgIpc) is 3.25. The van der Waals surface area contributed by atoms with Gasteiger partial charge in [0.1, 0.15) is 11.6 Å². The first-order valence-electron chi connectivity index (χ1n) is 9.07. The monoisotopic (exact) mass is 378 g/mol. The number of hydrogen-bond donors (Lipinski definition) is 1. The zero-order valence-corrected chi connectivity index (χ0v) is 15.1. The predicted molar refractivity (Wildman–Crippen MR) is 104 cm³/mol. The molecule has 1 N–H and O–H groups in total. The van der Waals surface area contributed by atoms with Crippen LogP contribution in [0.5, 0.6) is 11.5 Å². The summed E-state index contributed by atoms with van der Waals surface area (Å²) < 4.78 is 25.0. The highest BCUT2D eigenvalue weighted by atomic mass is 19.1. The highest BCUT2D eigenvalue weighted by Gasteiger charge is 2.23. The third-order valence-corrected chi connectivity index (χ3v) is 4.57. The predicted octanol–water partition coefficient (Wildman–Crippen LogP) is 4.66. The molecule has 0 spiro atoms. The van der Waals surface area contributed by atoms with Gasteiger partial charge in [-0.25, -0.2) is 9.37 Å². The fourth-order valence-corrected chi connectivity index (χ4v) is 3.08. The van der Waals surface area contributed by atoms with Crippen LogP contribution in [0.4, 0.5) is 10.2 Å². The molecule has 1 unspecified atom stereocenters. The summed E-state index contributed by atoms with van der Waals surface area (Å²) in [4.78, 5) is 16.5. The Bertz CT molecular complexity index is 987. The number of aromatic nitrogens is 1. The van der Waals surface area contributed by atoms with Gasteiger partial charge in [0.15, 0.2) is 11.6 Å². The van der Waals surface area contributed by atoms with Gasteiger partial charge in [-0.1, -0.05) is 30.3 Å². The van der Waals surface area contributed by atoms with Crippen LogP contribution < -0.4 is 10.1 Å². The Hall–Kier alpha value is -3.25. The Labute approximate surface area is 162 Å². The number of amides is 1. The van der Waals surface area contributed by atoms with E-state index in [-0.39, 0.29) is 17.6 Å². The summed E-state index contributed by atoms with van der Waals surface area (Å²) in [5, 5.41) is 2.84. The molecule has 0 aliphatic carbocycles. The summed E-state index contributed by atoms with van der Waals surface area (Å²) in [6.45, 7) is 1.04. The maximum atomic E-state index is 14.0. The summed E-state index contributed by atoms with van der Waals surface area (Å²) >= 11 is 0. The number of ether oxygens (including phenoxy) is 2. The smallest absolute Gasteiger partial charge is 0.231 e. The zero-order chi connectivity index (χ0) is 19.3. The third kappa shape index (κ3) is 4.02. The van der Waals surface area contributed by atoms with Crippen molar-refractivity contribution in [1.29, 1.82) is 0 Å². The van der Waals surface area contributed by atoms with E-state index in [0.29, 0.717) is 31.2 Å².